The molecule has 0 N–H and O–H groups in total. The van der Waals surface area contributed by atoms with Gasteiger partial charge in [0.2, 0.25) is 5.91 Å². The van der Waals surface area contributed by atoms with E-state index in [0.29, 0.717) is 22.7 Å². The largest absolute Gasteiger partial charge is 0.416 e. The Balaban J connectivity index is 1.73. The third-order valence-corrected chi connectivity index (χ3v) is 5.10. The molecule has 2 aromatic rings. The van der Waals surface area contributed by atoms with Crippen molar-refractivity contribution in [3.8, 4) is 0 Å². The second-order valence-electron chi connectivity index (χ2n) is 7.52. The maximum absolute atomic E-state index is 13.0. The lowest BCUT2D eigenvalue weighted by Gasteiger charge is -2.27. The SMILES string of the molecule is CC(C)C(=O)N(Cc1cccc(C(F)(F)F)c1)C[C@@H]1CC(c2ccccc2Cl)=NO1. The van der Waals surface area contributed by atoms with Crippen LogP contribution in [0.25, 0.3) is 0 Å². The van der Waals surface area contributed by atoms with Gasteiger partial charge in [-0.2, -0.15) is 13.2 Å². The van der Waals surface area contributed by atoms with Gasteiger partial charge in [0.25, 0.3) is 0 Å². The summed E-state index contributed by atoms with van der Waals surface area (Å²) in [7, 11) is 0. The summed E-state index contributed by atoms with van der Waals surface area (Å²) in [4.78, 5) is 19.7. The number of amides is 1. The van der Waals surface area contributed by atoms with Crippen LogP contribution < -0.4 is 0 Å². The molecule has 0 spiro atoms. The zero-order valence-electron chi connectivity index (χ0n) is 16.6. The van der Waals surface area contributed by atoms with Crippen LogP contribution in [0, 0.1) is 5.92 Å². The predicted molar refractivity (Wildman–Crippen MR) is 109 cm³/mol. The van der Waals surface area contributed by atoms with Gasteiger partial charge in [-0.25, -0.2) is 0 Å². The van der Waals surface area contributed by atoms with Gasteiger partial charge in [-0.1, -0.05) is 60.9 Å². The first-order valence-electron chi connectivity index (χ1n) is 9.57. The van der Waals surface area contributed by atoms with Gasteiger partial charge in [-0.15, -0.1) is 0 Å². The number of nitrogens with zero attached hydrogens (tertiary/aromatic N) is 2. The van der Waals surface area contributed by atoms with E-state index in [2.05, 4.69) is 5.16 Å². The fourth-order valence-corrected chi connectivity index (χ4v) is 3.54. The van der Waals surface area contributed by atoms with Crippen molar-refractivity contribution in [2.75, 3.05) is 6.54 Å². The molecule has 160 valence electrons. The molecule has 30 heavy (non-hydrogen) atoms. The molecule has 0 aromatic heterocycles. The van der Waals surface area contributed by atoms with Crippen LogP contribution in [0.4, 0.5) is 13.2 Å². The van der Waals surface area contributed by atoms with Crippen LogP contribution >= 0.6 is 11.6 Å². The lowest BCUT2D eigenvalue weighted by molar-refractivity contribution is -0.137. The number of hydrogen-bond donors (Lipinski definition) is 0. The summed E-state index contributed by atoms with van der Waals surface area (Å²) in [6, 6.07) is 12.3. The molecule has 0 aliphatic carbocycles. The first-order chi connectivity index (χ1) is 14.1. The van der Waals surface area contributed by atoms with E-state index >= 15 is 0 Å². The van der Waals surface area contributed by atoms with E-state index in [-0.39, 0.29) is 24.9 Å². The van der Waals surface area contributed by atoms with Crippen LogP contribution in [0.15, 0.2) is 53.7 Å². The fourth-order valence-electron chi connectivity index (χ4n) is 3.29. The molecule has 1 amide bonds. The average molecular weight is 439 g/mol. The van der Waals surface area contributed by atoms with Crippen LogP contribution in [0.1, 0.15) is 37.0 Å². The molecule has 4 nitrogen and oxygen atoms in total. The Morgan fingerprint density at radius 1 is 1.23 bits per heavy atom. The third kappa shape index (κ3) is 5.33. The highest BCUT2D eigenvalue weighted by Gasteiger charge is 2.31. The molecule has 1 aliphatic rings. The minimum absolute atomic E-state index is 0.0578. The van der Waals surface area contributed by atoms with Gasteiger partial charge in [0, 0.05) is 29.5 Å². The summed E-state index contributed by atoms with van der Waals surface area (Å²) in [5, 5.41) is 4.66. The van der Waals surface area contributed by atoms with E-state index in [9.17, 15) is 18.0 Å². The quantitative estimate of drug-likeness (QED) is 0.594. The lowest BCUT2D eigenvalue weighted by Crippen LogP contribution is -2.39. The normalized spacial score (nSPS) is 16.4. The monoisotopic (exact) mass is 438 g/mol. The molecular formula is C22H22ClF3N2O2. The van der Waals surface area contributed by atoms with Gasteiger partial charge in [0.05, 0.1) is 17.8 Å². The molecule has 3 rings (SSSR count). The van der Waals surface area contributed by atoms with Crippen LogP contribution in [0.2, 0.25) is 5.02 Å². The number of hydrogen-bond acceptors (Lipinski definition) is 3. The molecule has 0 saturated heterocycles. The van der Waals surface area contributed by atoms with E-state index in [1.54, 1.807) is 26.0 Å². The van der Waals surface area contributed by atoms with Gasteiger partial charge in [-0.05, 0) is 23.8 Å². The molecular weight excluding hydrogens is 417 g/mol. The Morgan fingerprint density at radius 3 is 2.63 bits per heavy atom. The highest BCUT2D eigenvalue weighted by Crippen LogP contribution is 2.30. The number of rotatable bonds is 6. The molecule has 1 aliphatic heterocycles. The van der Waals surface area contributed by atoms with Crippen molar-refractivity contribution in [3.63, 3.8) is 0 Å². The highest BCUT2D eigenvalue weighted by atomic mass is 35.5. The van der Waals surface area contributed by atoms with Crippen LogP contribution in [0.3, 0.4) is 0 Å². The second kappa shape index (κ2) is 9.08. The number of alkyl halides is 3. The molecule has 1 heterocycles. The maximum Gasteiger partial charge on any atom is 0.416 e. The number of oxime groups is 1. The van der Waals surface area contributed by atoms with Crippen molar-refractivity contribution >= 4 is 23.2 Å². The van der Waals surface area contributed by atoms with Crippen molar-refractivity contribution in [2.45, 2.75) is 39.1 Å². The van der Waals surface area contributed by atoms with Crippen molar-refractivity contribution in [1.82, 2.24) is 4.90 Å². The zero-order chi connectivity index (χ0) is 21.9. The first-order valence-corrected chi connectivity index (χ1v) is 9.95. The van der Waals surface area contributed by atoms with Gasteiger partial charge in [0.1, 0.15) is 0 Å². The number of carbonyl (C=O) groups is 1. The summed E-state index contributed by atoms with van der Waals surface area (Å²) in [5.74, 6) is -0.469. The van der Waals surface area contributed by atoms with Gasteiger partial charge < -0.3 is 9.74 Å². The molecule has 0 bridgehead atoms. The smallest absolute Gasteiger partial charge is 0.390 e. The molecule has 0 unspecified atom stereocenters. The zero-order valence-corrected chi connectivity index (χ0v) is 17.4. The van der Waals surface area contributed by atoms with E-state index in [0.717, 1.165) is 17.7 Å². The van der Waals surface area contributed by atoms with Crippen molar-refractivity contribution in [2.24, 2.45) is 11.1 Å². The van der Waals surface area contributed by atoms with Crippen LogP contribution in [-0.4, -0.2) is 29.2 Å². The Morgan fingerprint density at radius 2 is 1.97 bits per heavy atom. The highest BCUT2D eigenvalue weighted by molar-refractivity contribution is 6.34. The molecule has 1 atom stereocenters. The van der Waals surface area contributed by atoms with Crippen molar-refractivity contribution in [1.29, 1.82) is 0 Å². The number of halogens is 4. The van der Waals surface area contributed by atoms with Crippen molar-refractivity contribution < 1.29 is 22.8 Å². The molecule has 0 radical (unpaired) electrons. The number of carbonyl (C=O) groups excluding carboxylic acids is 1. The van der Waals surface area contributed by atoms with E-state index < -0.39 is 17.8 Å². The lowest BCUT2D eigenvalue weighted by atomic mass is 10.0. The first kappa shape index (κ1) is 22.2. The Hall–Kier alpha value is -2.54. The van der Waals surface area contributed by atoms with Crippen molar-refractivity contribution in [3.05, 3.63) is 70.2 Å². The van der Waals surface area contributed by atoms with Gasteiger partial charge in [-0.3, -0.25) is 4.79 Å². The molecule has 0 saturated carbocycles. The summed E-state index contributed by atoms with van der Waals surface area (Å²) in [6.07, 6.45) is -4.38. The van der Waals surface area contributed by atoms with Gasteiger partial charge in [0.15, 0.2) is 6.10 Å². The number of benzene rings is 2. The Labute approximate surface area is 178 Å². The topological polar surface area (TPSA) is 41.9 Å². The van der Waals surface area contributed by atoms with Crippen LogP contribution in [0.5, 0.6) is 0 Å². The van der Waals surface area contributed by atoms with E-state index in [1.165, 1.54) is 11.0 Å². The fraction of sp³-hybridized carbons (Fsp3) is 0.364. The molecule has 8 heteroatoms. The second-order valence-corrected chi connectivity index (χ2v) is 7.93. The maximum atomic E-state index is 13.0. The standard InChI is InChI=1S/C22H22ClF3N2O2/c1-14(2)21(29)28(12-15-6-5-7-16(10-15)22(24,25)26)13-17-11-20(27-30-17)18-8-3-4-9-19(18)23/h3-10,14,17H,11-13H2,1-2H3/t17-/m0/s1. The summed E-state index contributed by atoms with van der Waals surface area (Å²) in [6.45, 7) is 3.78. The molecule has 2 aromatic carbocycles. The van der Waals surface area contributed by atoms with Gasteiger partial charge >= 0.3 is 6.18 Å². The Bertz CT molecular complexity index is 944. The summed E-state index contributed by atoms with van der Waals surface area (Å²) in [5.41, 5.74) is 1.12. The molecule has 0 fully saturated rings. The van der Waals surface area contributed by atoms with E-state index in [1.807, 2.05) is 18.2 Å². The third-order valence-electron chi connectivity index (χ3n) is 4.78. The summed E-state index contributed by atoms with van der Waals surface area (Å²) >= 11 is 6.22. The predicted octanol–water partition coefficient (Wildman–Crippen LogP) is 5.54. The Kier molecular flexibility index (Phi) is 6.71. The minimum Gasteiger partial charge on any atom is -0.390 e. The summed E-state index contributed by atoms with van der Waals surface area (Å²) < 4.78 is 39.1. The average Bonchev–Trinajstić information content (AvgIpc) is 3.15. The minimum atomic E-state index is -4.44. The van der Waals surface area contributed by atoms with Crippen LogP contribution in [-0.2, 0) is 22.4 Å². The van der Waals surface area contributed by atoms with E-state index in [4.69, 9.17) is 16.4 Å².